The van der Waals surface area contributed by atoms with Gasteiger partial charge in [0.2, 0.25) is 0 Å². The molecule has 2 nitrogen and oxygen atoms in total. The van der Waals surface area contributed by atoms with Gasteiger partial charge in [0.15, 0.2) is 0 Å². The molecular weight excluding hydrogens is 184 g/mol. The topological polar surface area (TPSA) is 24.9 Å². The minimum Gasteiger partial charge on any atom is -0.308 e. The molecule has 82 valence electrons. The number of aromatic nitrogens is 1. The molecule has 0 aromatic carbocycles. The molecule has 0 spiro atoms. The molecule has 1 heterocycles. The molecule has 15 heavy (non-hydrogen) atoms. The zero-order valence-electron chi connectivity index (χ0n) is 9.50. The highest BCUT2D eigenvalue weighted by Gasteiger charge is 2.12. The smallest absolute Gasteiger partial charge is 0.0570 e. The van der Waals surface area contributed by atoms with Crippen LogP contribution in [0.15, 0.2) is 18.3 Å². The second-order valence-electron chi connectivity index (χ2n) is 4.48. The largest absolute Gasteiger partial charge is 0.308 e. The predicted molar refractivity (Wildman–Crippen MR) is 62.7 cm³/mol. The van der Waals surface area contributed by atoms with Gasteiger partial charge >= 0.3 is 0 Å². The van der Waals surface area contributed by atoms with E-state index >= 15 is 0 Å². The lowest BCUT2D eigenvalue weighted by molar-refractivity contribution is 0.370. The fourth-order valence-corrected chi connectivity index (χ4v) is 2.25. The Kier molecular flexibility index (Phi) is 3.73. The standard InChI is InChI=1S/C13H20N2/c1-11-6-5-9-14-13(11)10-15-12-7-3-2-4-8-12/h5-6,9,12,15H,2-4,7-8,10H2,1H3. The SMILES string of the molecule is Cc1cccnc1CNC1CCCCC1. The molecule has 1 N–H and O–H groups in total. The van der Waals surface area contributed by atoms with Crippen LogP contribution in [0.1, 0.15) is 43.4 Å². The number of rotatable bonds is 3. The molecule has 1 aromatic heterocycles. The molecule has 0 radical (unpaired) electrons. The number of aryl methyl sites for hydroxylation is 1. The molecule has 2 rings (SSSR count). The summed E-state index contributed by atoms with van der Waals surface area (Å²) in [7, 11) is 0. The van der Waals surface area contributed by atoms with Crippen molar-refractivity contribution in [3.8, 4) is 0 Å². The van der Waals surface area contributed by atoms with Gasteiger partial charge in [-0.1, -0.05) is 25.3 Å². The van der Waals surface area contributed by atoms with E-state index in [9.17, 15) is 0 Å². The van der Waals surface area contributed by atoms with Gasteiger partial charge in [-0.05, 0) is 31.4 Å². The average Bonchev–Trinajstić information content (AvgIpc) is 2.29. The highest BCUT2D eigenvalue weighted by atomic mass is 14.9. The lowest BCUT2D eigenvalue weighted by Crippen LogP contribution is -2.30. The summed E-state index contributed by atoms with van der Waals surface area (Å²) >= 11 is 0. The zero-order chi connectivity index (χ0) is 10.5. The highest BCUT2D eigenvalue weighted by Crippen LogP contribution is 2.17. The van der Waals surface area contributed by atoms with Gasteiger partial charge in [0.05, 0.1) is 5.69 Å². The van der Waals surface area contributed by atoms with Gasteiger partial charge in [-0.15, -0.1) is 0 Å². The van der Waals surface area contributed by atoms with Crippen LogP contribution in [0.4, 0.5) is 0 Å². The van der Waals surface area contributed by atoms with E-state index in [-0.39, 0.29) is 0 Å². The Morgan fingerprint density at radius 1 is 1.33 bits per heavy atom. The quantitative estimate of drug-likeness (QED) is 0.819. The molecule has 2 heteroatoms. The van der Waals surface area contributed by atoms with Gasteiger partial charge in [-0.3, -0.25) is 4.98 Å². The fourth-order valence-electron chi connectivity index (χ4n) is 2.25. The highest BCUT2D eigenvalue weighted by molar-refractivity contribution is 5.17. The summed E-state index contributed by atoms with van der Waals surface area (Å²) in [5, 5.41) is 3.62. The zero-order valence-corrected chi connectivity index (χ0v) is 9.50. The van der Waals surface area contributed by atoms with Crippen LogP contribution < -0.4 is 5.32 Å². The molecule has 0 amide bonds. The lowest BCUT2D eigenvalue weighted by Gasteiger charge is -2.22. The molecular formula is C13H20N2. The molecule has 1 aromatic rings. The molecule has 0 aliphatic heterocycles. The van der Waals surface area contributed by atoms with Crippen LogP contribution >= 0.6 is 0 Å². The van der Waals surface area contributed by atoms with Crippen molar-refractivity contribution in [2.45, 2.75) is 51.6 Å². The first-order valence-electron chi connectivity index (χ1n) is 6.00. The minimum absolute atomic E-state index is 0.722. The van der Waals surface area contributed by atoms with Crippen LogP contribution in [-0.2, 0) is 6.54 Å². The second kappa shape index (κ2) is 5.26. The maximum absolute atomic E-state index is 4.40. The third kappa shape index (κ3) is 3.03. The Bertz CT molecular complexity index is 303. The molecule has 0 bridgehead atoms. The minimum atomic E-state index is 0.722. The van der Waals surface area contributed by atoms with Crippen molar-refractivity contribution in [3.05, 3.63) is 29.6 Å². The molecule has 1 fully saturated rings. The van der Waals surface area contributed by atoms with E-state index in [0.717, 1.165) is 12.6 Å². The molecule has 1 aliphatic rings. The van der Waals surface area contributed by atoms with Gasteiger partial charge in [-0.2, -0.15) is 0 Å². The number of nitrogens with one attached hydrogen (secondary N) is 1. The fraction of sp³-hybridized carbons (Fsp3) is 0.615. The van der Waals surface area contributed by atoms with E-state index in [1.165, 1.54) is 43.4 Å². The Morgan fingerprint density at radius 2 is 2.13 bits per heavy atom. The monoisotopic (exact) mass is 204 g/mol. The predicted octanol–water partition coefficient (Wildman–Crippen LogP) is 2.81. The van der Waals surface area contributed by atoms with Crippen LogP contribution in [0.5, 0.6) is 0 Å². The van der Waals surface area contributed by atoms with Crippen LogP contribution in [0, 0.1) is 6.92 Å². The molecule has 0 atom stereocenters. The third-order valence-electron chi connectivity index (χ3n) is 3.28. The normalized spacial score (nSPS) is 17.9. The molecule has 0 unspecified atom stereocenters. The van der Waals surface area contributed by atoms with E-state index < -0.39 is 0 Å². The Balaban J connectivity index is 1.84. The second-order valence-corrected chi connectivity index (χ2v) is 4.48. The summed E-state index contributed by atoms with van der Waals surface area (Å²) in [5.74, 6) is 0. The number of nitrogens with zero attached hydrogens (tertiary/aromatic N) is 1. The van der Waals surface area contributed by atoms with E-state index in [1.807, 2.05) is 12.3 Å². The van der Waals surface area contributed by atoms with Crippen LogP contribution in [0.2, 0.25) is 0 Å². The number of pyridine rings is 1. The summed E-state index contributed by atoms with van der Waals surface area (Å²) in [5.41, 5.74) is 2.49. The van der Waals surface area contributed by atoms with Gasteiger partial charge in [0.25, 0.3) is 0 Å². The summed E-state index contributed by atoms with van der Waals surface area (Å²) in [6, 6.07) is 4.85. The Morgan fingerprint density at radius 3 is 2.87 bits per heavy atom. The molecule has 0 saturated heterocycles. The van der Waals surface area contributed by atoms with Crippen LogP contribution in [-0.4, -0.2) is 11.0 Å². The van der Waals surface area contributed by atoms with E-state index in [0.29, 0.717) is 0 Å². The number of hydrogen-bond acceptors (Lipinski definition) is 2. The van der Waals surface area contributed by atoms with Crippen molar-refractivity contribution in [3.63, 3.8) is 0 Å². The van der Waals surface area contributed by atoms with Crippen molar-refractivity contribution < 1.29 is 0 Å². The van der Waals surface area contributed by atoms with Crippen LogP contribution in [0.3, 0.4) is 0 Å². The summed E-state index contributed by atoms with van der Waals surface area (Å²) in [4.78, 5) is 4.40. The first-order chi connectivity index (χ1) is 7.36. The van der Waals surface area contributed by atoms with Crippen molar-refractivity contribution in [1.82, 2.24) is 10.3 Å². The van der Waals surface area contributed by atoms with Crippen molar-refractivity contribution in [2.24, 2.45) is 0 Å². The van der Waals surface area contributed by atoms with Gasteiger partial charge in [-0.25, -0.2) is 0 Å². The van der Waals surface area contributed by atoms with Crippen molar-refractivity contribution >= 4 is 0 Å². The number of hydrogen-bond donors (Lipinski definition) is 1. The lowest BCUT2D eigenvalue weighted by atomic mass is 9.95. The third-order valence-corrected chi connectivity index (χ3v) is 3.28. The summed E-state index contributed by atoms with van der Waals surface area (Å²) < 4.78 is 0. The van der Waals surface area contributed by atoms with Gasteiger partial charge in [0.1, 0.15) is 0 Å². The Hall–Kier alpha value is -0.890. The first kappa shape index (κ1) is 10.6. The van der Waals surface area contributed by atoms with Crippen LogP contribution in [0.25, 0.3) is 0 Å². The van der Waals surface area contributed by atoms with E-state index in [4.69, 9.17) is 0 Å². The van der Waals surface area contributed by atoms with E-state index in [1.54, 1.807) is 0 Å². The van der Waals surface area contributed by atoms with Gasteiger partial charge < -0.3 is 5.32 Å². The molecule has 1 aliphatic carbocycles. The summed E-state index contributed by atoms with van der Waals surface area (Å²) in [6.07, 6.45) is 8.75. The van der Waals surface area contributed by atoms with Gasteiger partial charge in [0, 0.05) is 18.8 Å². The molecule has 1 saturated carbocycles. The maximum Gasteiger partial charge on any atom is 0.0570 e. The Labute approximate surface area is 92.1 Å². The van der Waals surface area contributed by atoms with Crippen molar-refractivity contribution in [2.75, 3.05) is 0 Å². The average molecular weight is 204 g/mol. The van der Waals surface area contributed by atoms with E-state index in [2.05, 4.69) is 23.3 Å². The summed E-state index contributed by atoms with van der Waals surface area (Å²) in [6.45, 7) is 3.06. The first-order valence-corrected chi connectivity index (χ1v) is 6.00. The maximum atomic E-state index is 4.40. The van der Waals surface area contributed by atoms with Crippen molar-refractivity contribution in [1.29, 1.82) is 0 Å².